The maximum atomic E-state index is 13.0. The minimum Gasteiger partial charge on any atom is -0.368 e. The van der Waals surface area contributed by atoms with Crippen molar-refractivity contribution >= 4 is 11.8 Å². The van der Waals surface area contributed by atoms with Gasteiger partial charge in [-0.2, -0.15) is 0 Å². The molecule has 7 heteroatoms. The lowest BCUT2D eigenvalue weighted by Gasteiger charge is -2.15. The van der Waals surface area contributed by atoms with Gasteiger partial charge in [-0.15, -0.1) is 0 Å². The van der Waals surface area contributed by atoms with Gasteiger partial charge in [0.15, 0.2) is 0 Å². The van der Waals surface area contributed by atoms with Crippen molar-refractivity contribution in [1.82, 2.24) is 10.3 Å². The van der Waals surface area contributed by atoms with E-state index in [1.54, 1.807) is 0 Å². The molecule has 0 bridgehead atoms. The van der Waals surface area contributed by atoms with E-state index in [1.807, 2.05) is 0 Å². The SMILES string of the molecule is NC(=O)[C@@H](NC(=O)c1cncc(F)c1)c1ccc(F)cc1. The minimum atomic E-state index is -1.15. The molecule has 2 aromatic rings. The number of hydrogen-bond acceptors (Lipinski definition) is 3. The Morgan fingerprint density at radius 1 is 1.10 bits per heavy atom. The van der Waals surface area contributed by atoms with Crippen LogP contribution in [-0.2, 0) is 4.79 Å². The number of carbonyl (C=O) groups is 2. The van der Waals surface area contributed by atoms with E-state index in [1.165, 1.54) is 12.1 Å². The summed E-state index contributed by atoms with van der Waals surface area (Å²) in [4.78, 5) is 26.9. The number of primary amides is 1. The fourth-order valence-corrected chi connectivity index (χ4v) is 1.72. The Kier molecular flexibility index (Phi) is 4.22. The molecule has 0 saturated carbocycles. The third kappa shape index (κ3) is 3.59. The standard InChI is InChI=1S/C14H11F2N3O2/c15-10-3-1-8(2-4-10)12(13(17)20)19-14(21)9-5-11(16)7-18-6-9/h1-7,12H,(H2,17,20)(H,19,21)/t12-/m0/s1. The fourth-order valence-electron chi connectivity index (χ4n) is 1.72. The van der Waals surface area contributed by atoms with Crippen LogP contribution in [0.4, 0.5) is 8.78 Å². The Morgan fingerprint density at radius 2 is 1.76 bits per heavy atom. The van der Waals surface area contributed by atoms with Crippen molar-refractivity contribution in [2.75, 3.05) is 0 Å². The summed E-state index contributed by atoms with van der Waals surface area (Å²) in [6.45, 7) is 0. The van der Waals surface area contributed by atoms with Crippen LogP contribution in [0.3, 0.4) is 0 Å². The second-order valence-electron chi connectivity index (χ2n) is 4.25. The highest BCUT2D eigenvalue weighted by Gasteiger charge is 2.21. The first-order valence-corrected chi connectivity index (χ1v) is 5.93. The molecule has 108 valence electrons. The molecule has 0 radical (unpaired) electrons. The Hall–Kier alpha value is -2.83. The maximum Gasteiger partial charge on any atom is 0.253 e. The lowest BCUT2D eigenvalue weighted by Crippen LogP contribution is -2.37. The van der Waals surface area contributed by atoms with E-state index < -0.39 is 29.5 Å². The molecule has 21 heavy (non-hydrogen) atoms. The molecular weight excluding hydrogens is 280 g/mol. The zero-order valence-corrected chi connectivity index (χ0v) is 10.7. The lowest BCUT2D eigenvalue weighted by atomic mass is 10.1. The van der Waals surface area contributed by atoms with Crippen LogP contribution < -0.4 is 11.1 Å². The summed E-state index contributed by atoms with van der Waals surface area (Å²) in [5.74, 6) is -2.70. The van der Waals surface area contributed by atoms with Gasteiger partial charge in [-0.1, -0.05) is 12.1 Å². The number of carbonyl (C=O) groups excluding carboxylic acids is 2. The molecule has 1 atom stereocenters. The first-order chi connectivity index (χ1) is 9.97. The Morgan fingerprint density at radius 3 is 2.33 bits per heavy atom. The third-order valence-corrected chi connectivity index (χ3v) is 2.73. The van der Waals surface area contributed by atoms with E-state index in [4.69, 9.17) is 5.73 Å². The number of benzene rings is 1. The summed E-state index contributed by atoms with van der Waals surface area (Å²) in [6, 6.07) is 4.76. The molecule has 0 fully saturated rings. The molecule has 0 saturated heterocycles. The monoisotopic (exact) mass is 291 g/mol. The average Bonchev–Trinajstić information content (AvgIpc) is 2.45. The number of nitrogens with zero attached hydrogens (tertiary/aromatic N) is 1. The Bertz CT molecular complexity index is 674. The molecule has 0 aliphatic carbocycles. The first-order valence-electron chi connectivity index (χ1n) is 5.93. The number of rotatable bonds is 4. The van der Waals surface area contributed by atoms with Crippen molar-refractivity contribution in [2.45, 2.75) is 6.04 Å². The summed E-state index contributed by atoms with van der Waals surface area (Å²) in [5.41, 5.74) is 5.49. The minimum absolute atomic E-state index is 0.0524. The van der Waals surface area contributed by atoms with Gasteiger partial charge in [0.2, 0.25) is 5.91 Å². The predicted octanol–water partition coefficient (Wildman–Crippen LogP) is 1.32. The third-order valence-electron chi connectivity index (χ3n) is 2.73. The van der Waals surface area contributed by atoms with Gasteiger partial charge in [0.05, 0.1) is 11.8 Å². The van der Waals surface area contributed by atoms with E-state index in [0.29, 0.717) is 5.56 Å². The van der Waals surface area contributed by atoms with Gasteiger partial charge >= 0.3 is 0 Å². The number of nitrogens with one attached hydrogen (secondary N) is 1. The van der Waals surface area contributed by atoms with Crippen LogP contribution in [0.1, 0.15) is 22.0 Å². The maximum absolute atomic E-state index is 13.0. The smallest absolute Gasteiger partial charge is 0.253 e. The van der Waals surface area contributed by atoms with E-state index in [-0.39, 0.29) is 5.56 Å². The topological polar surface area (TPSA) is 85.1 Å². The number of halogens is 2. The molecule has 1 aromatic heterocycles. The molecule has 1 heterocycles. The van der Waals surface area contributed by atoms with Gasteiger partial charge in [0.25, 0.3) is 5.91 Å². The van der Waals surface area contributed by atoms with Crippen LogP contribution >= 0.6 is 0 Å². The first kappa shape index (κ1) is 14.6. The van der Waals surface area contributed by atoms with Crippen molar-refractivity contribution in [1.29, 1.82) is 0 Å². The van der Waals surface area contributed by atoms with E-state index >= 15 is 0 Å². The molecule has 0 spiro atoms. The molecule has 1 aromatic carbocycles. The normalized spacial score (nSPS) is 11.7. The molecule has 5 nitrogen and oxygen atoms in total. The van der Waals surface area contributed by atoms with Crippen molar-refractivity contribution in [3.63, 3.8) is 0 Å². The van der Waals surface area contributed by atoms with Crippen LogP contribution in [0.15, 0.2) is 42.7 Å². The van der Waals surface area contributed by atoms with Gasteiger partial charge in [-0.3, -0.25) is 14.6 Å². The van der Waals surface area contributed by atoms with Crippen LogP contribution in [0.5, 0.6) is 0 Å². The van der Waals surface area contributed by atoms with Crippen molar-refractivity contribution < 1.29 is 18.4 Å². The van der Waals surface area contributed by atoms with Crippen molar-refractivity contribution in [2.24, 2.45) is 5.73 Å². The van der Waals surface area contributed by atoms with Gasteiger partial charge in [0, 0.05) is 6.20 Å². The largest absolute Gasteiger partial charge is 0.368 e. The van der Waals surface area contributed by atoms with Crippen molar-refractivity contribution in [3.8, 4) is 0 Å². The van der Waals surface area contributed by atoms with Gasteiger partial charge in [-0.25, -0.2) is 8.78 Å². The lowest BCUT2D eigenvalue weighted by molar-refractivity contribution is -0.120. The summed E-state index contributed by atoms with van der Waals surface area (Å²) in [7, 11) is 0. The molecule has 0 aliphatic rings. The van der Waals surface area contributed by atoms with E-state index in [9.17, 15) is 18.4 Å². The highest BCUT2D eigenvalue weighted by molar-refractivity contribution is 5.97. The number of nitrogens with two attached hydrogens (primary N) is 1. The molecular formula is C14H11F2N3O2. The van der Waals surface area contributed by atoms with Crippen LogP contribution in [0, 0.1) is 11.6 Å². The highest BCUT2D eigenvalue weighted by atomic mass is 19.1. The van der Waals surface area contributed by atoms with Crippen LogP contribution in [-0.4, -0.2) is 16.8 Å². The Balaban J connectivity index is 2.22. The average molecular weight is 291 g/mol. The van der Waals surface area contributed by atoms with Crippen molar-refractivity contribution in [3.05, 3.63) is 65.5 Å². The predicted molar refractivity (Wildman–Crippen MR) is 70.0 cm³/mol. The zero-order valence-electron chi connectivity index (χ0n) is 10.7. The van der Waals surface area contributed by atoms with Gasteiger partial charge in [-0.05, 0) is 23.8 Å². The Labute approximate surface area is 118 Å². The summed E-state index contributed by atoms with van der Waals surface area (Å²) < 4.78 is 25.9. The number of amides is 2. The summed E-state index contributed by atoms with van der Waals surface area (Å²) in [6.07, 6.45) is 2.10. The van der Waals surface area contributed by atoms with E-state index in [2.05, 4.69) is 10.3 Å². The van der Waals surface area contributed by atoms with E-state index in [0.717, 1.165) is 30.6 Å². The fraction of sp³-hybridized carbons (Fsp3) is 0.0714. The number of aromatic nitrogens is 1. The highest BCUT2D eigenvalue weighted by Crippen LogP contribution is 2.14. The molecule has 2 amide bonds. The second-order valence-corrected chi connectivity index (χ2v) is 4.25. The summed E-state index contributed by atoms with van der Waals surface area (Å²) >= 11 is 0. The molecule has 2 rings (SSSR count). The number of pyridine rings is 1. The van der Waals surface area contributed by atoms with Crippen LogP contribution in [0.2, 0.25) is 0 Å². The van der Waals surface area contributed by atoms with Crippen LogP contribution in [0.25, 0.3) is 0 Å². The van der Waals surface area contributed by atoms with Gasteiger partial charge in [0.1, 0.15) is 17.7 Å². The number of hydrogen-bond donors (Lipinski definition) is 2. The molecule has 0 unspecified atom stereocenters. The molecule has 0 aliphatic heterocycles. The summed E-state index contributed by atoms with van der Waals surface area (Å²) in [5, 5.41) is 2.35. The quantitative estimate of drug-likeness (QED) is 0.890. The molecule has 3 N–H and O–H groups in total. The zero-order chi connectivity index (χ0) is 15.4. The van der Waals surface area contributed by atoms with Gasteiger partial charge < -0.3 is 11.1 Å². The second kappa shape index (κ2) is 6.08.